The highest BCUT2D eigenvalue weighted by Gasteiger charge is 2.29. The zero-order valence-corrected chi connectivity index (χ0v) is 15.2. The highest BCUT2D eigenvalue weighted by molar-refractivity contribution is 5.94. The van der Waals surface area contributed by atoms with E-state index in [1.807, 2.05) is 20.3 Å². The van der Waals surface area contributed by atoms with Crippen LogP contribution < -0.4 is 0 Å². The van der Waals surface area contributed by atoms with E-state index in [9.17, 15) is 13.6 Å². The lowest BCUT2D eigenvalue weighted by atomic mass is 9.96. The lowest BCUT2D eigenvalue weighted by Crippen LogP contribution is -2.40. The molecule has 2 heterocycles. The second-order valence-corrected chi connectivity index (χ2v) is 6.97. The van der Waals surface area contributed by atoms with E-state index in [2.05, 4.69) is 14.5 Å². The monoisotopic (exact) mass is 362 g/mol. The molecule has 2 aromatic rings. The van der Waals surface area contributed by atoms with Gasteiger partial charge in [-0.2, -0.15) is 0 Å². The number of halogens is 2. The number of likely N-dealkylation sites (N-methyl/N-ethyl adjacent to an activating group) is 1. The molecule has 140 valence electrons. The molecular formula is C19H24F2N4O. The molecule has 1 aliphatic rings. The summed E-state index contributed by atoms with van der Waals surface area (Å²) in [5, 5.41) is 0. The number of piperidine rings is 1. The first-order valence-corrected chi connectivity index (χ1v) is 8.86. The Labute approximate surface area is 152 Å². The van der Waals surface area contributed by atoms with Gasteiger partial charge in [-0.3, -0.25) is 4.79 Å². The van der Waals surface area contributed by atoms with Crippen molar-refractivity contribution in [2.45, 2.75) is 25.3 Å². The molecule has 1 atom stereocenters. The van der Waals surface area contributed by atoms with E-state index in [4.69, 9.17) is 0 Å². The Morgan fingerprint density at radius 1 is 1.35 bits per heavy atom. The summed E-state index contributed by atoms with van der Waals surface area (Å²) in [7, 11) is 4.04. The minimum Gasteiger partial charge on any atom is -0.338 e. The molecule has 0 radical (unpaired) electrons. The lowest BCUT2D eigenvalue weighted by molar-refractivity contribution is 0.0697. The van der Waals surface area contributed by atoms with Gasteiger partial charge >= 0.3 is 0 Å². The molecule has 0 saturated carbocycles. The van der Waals surface area contributed by atoms with Gasteiger partial charge in [-0.25, -0.2) is 13.8 Å². The Morgan fingerprint density at radius 2 is 2.15 bits per heavy atom. The Hall–Kier alpha value is -2.28. The van der Waals surface area contributed by atoms with Crippen LogP contribution in [-0.2, 0) is 6.54 Å². The molecule has 3 rings (SSSR count). The number of rotatable bonds is 5. The molecule has 0 N–H and O–H groups in total. The van der Waals surface area contributed by atoms with E-state index in [1.54, 1.807) is 11.1 Å². The number of amides is 1. The standard InChI is InChI=1S/C19H24F2N4O/c1-23(2)11-12-24-10-8-22-18(24)14-5-4-9-25(13-14)19(26)15-6-3-7-16(20)17(15)21/h3,6-8,10,14H,4-5,9,11-13H2,1-2H3/t14-/m1/s1. The van der Waals surface area contributed by atoms with Crippen LogP contribution in [0.25, 0.3) is 0 Å². The van der Waals surface area contributed by atoms with Gasteiger partial charge in [0.05, 0.1) is 5.56 Å². The molecule has 7 heteroatoms. The average Bonchev–Trinajstić information content (AvgIpc) is 3.10. The number of carbonyl (C=O) groups excluding carboxylic acids is 1. The molecule has 1 aliphatic heterocycles. The minimum absolute atomic E-state index is 0.0986. The molecule has 0 bridgehead atoms. The minimum atomic E-state index is -1.08. The van der Waals surface area contributed by atoms with E-state index in [0.29, 0.717) is 13.1 Å². The summed E-state index contributed by atoms with van der Waals surface area (Å²) in [5.74, 6) is -1.49. The highest BCUT2D eigenvalue weighted by Crippen LogP contribution is 2.27. The molecule has 1 fully saturated rings. The molecule has 0 aliphatic carbocycles. The summed E-state index contributed by atoms with van der Waals surface area (Å²) in [6, 6.07) is 3.72. The summed E-state index contributed by atoms with van der Waals surface area (Å²) in [6.07, 6.45) is 5.46. The van der Waals surface area contributed by atoms with Crippen LogP contribution in [0.4, 0.5) is 8.78 Å². The predicted molar refractivity (Wildman–Crippen MR) is 95.0 cm³/mol. The van der Waals surface area contributed by atoms with Crippen LogP contribution >= 0.6 is 0 Å². The van der Waals surface area contributed by atoms with Crippen LogP contribution in [0.15, 0.2) is 30.6 Å². The SMILES string of the molecule is CN(C)CCn1ccnc1[C@@H]1CCCN(C(=O)c2cccc(F)c2F)C1. The number of imidazole rings is 1. The molecule has 5 nitrogen and oxygen atoms in total. The van der Waals surface area contributed by atoms with Gasteiger partial charge in [0.25, 0.3) is 5.91 Å². The fourth-order valence-corrected chi connectivity index (χ4v) is 3.39. The van der Waals surface area contributed by atoms with E-state index < -0.39 is 17.5 Å². The van der Waals surface area contributed by atoms with Gasteiger partial charge in [0.1, 0.15) is 5.82 Å². The number of likely N-dealkylation sites (tertiary alicyclic amines) is 1. The van der Waals surface area contributed by atoms with Crippen LogP contribution in [0.1, 0.15) is 34.9 Å². The molecule has 1 saturated heterocycles. The van der Waals surface area contributed by atoms with Gasteiger partial charge in [-0.15, -0.1) is 0 Å². The topological polar surface area (TPSA) is 41.4 Å². The summed E-state index contributed by atoms with van der Waals surface area (Å²) in [5.41, 5.74) is -0.207. The summed E-state index contributed by atoms with van der Waals surface area (Å²) >= 11 is 0. The van der Waals surface area contributed by atoms with E-state index in [0.717, 1.165) is 37.8 Å². The maximum Gasteiger partial charge on any atom is 0.256 e. The van der Waals surface area contributed by atoms with Crippen LogP contribution in [0, 0.1) is 11.6 Å². The van der Waals surface area contributed by atoms with Crippen molar-refractivity contribution in [3.63, 3.8) is 0 Å². The zero-order chi connectivity index (χ0) is 18.7. The van der Waals surface area contributed by atoms with Crippen LogP contribution in [-0.4, -0.2) is 59.0 Å². The van der Waals surface area contributed by atoms with Crippen molar-refractivity contribution < 1.29 is 13.6 Å². The van der Waals surface area contributed by atoms with Crippen molar-refractivity contribution in [1.82, 2.24) is 19.4 Å². The number of hydrogen-bond donors (Lipinski definition) is 0. The molecule has 1 aromatic carbocycles. The largest absolute Gasteiger partial charge is 0.338 e. The zero-order valence-electron chi connectivity index (χ0n) is 15.2. The normalized spacial score (nSPS) is 17.7. The fourth-order valence-electron chi connectivity index (χ4n) is 3.39. The molecule has 0 unspecified atom stereocenters. The van der Waals surface area contributed by atoms with E-state index >= 15 is 0 Å². The first-order chi connectivity index (χ1) is 12.5. The van der Waals surface area contributed by atoms with Gasteiger partial charge < -0.3 is 14.4 Å². The Morgan fingerprint density at radius 3 is 2.92 bits per heavy atom. The highest BCUT2D eigenvalue weighted by atomic mass is 19.2. The molecule has 1 aromatic heterocycles. The first kappa shape index (κ1) is 18.5. The van der Waals surface area contributed by atoms with Crippen molar-refractivity contribution in [2.24, 2.45) is 0 Å². The van der Waals surface area contributed by atoms with Crippen molar-refractivity contribution in [3.8, 4) is 0 Å². The third kappa shape index (κ3) is 3.93. The number of nitrogens with zero attached hydrogens (tertiary/aromatic N) is 4. The van der Waals surface area contributed by atoms with Crippen LogP contribution in [0.5, 0.6) is 0 Å². The maximum atomic E-state index is 14.0. The van der Waals surface area contributed by atoms with Crippen molar-refractivity contribution >= 4 is 5.91 Å². The number of aromatic nitrogens is 2. The molecular weight excluding hydrogens is 338 g/mol. The van der Waals surface area contributed by atoms with Gasteiger partial charge in [-0.1, -0.05) is 6.07 Å². The Bertz CT molecular complexity index is 775. The number of carbonyl (C=O) groups is 1. The number of benzene rings is 1. The Kier molecular flexibility index (Phi) is 5.66. The van der Waals surface area contributed by atoms with Crippen molar-refractivity contribution in [1.29, 1.82) is 0 Å². The van der Waals surface area contributed by atoms with Gasteiger partial charge in [0.15, 0.2) is 11.6 Å². The molecule has 26 heavy (non-hydrogen) atoms. The lowest BCUT2D eigenvalue weighted by Gasteiger charge is -2.33. The third-order valence-corrected chi connectivity index (χ3v) is 4.79. The maximum absolute atomic E-state index is 14.0. The smallest absolute Gasteiger partial charge is 0.256 e. The predicted octanol–water partition coefficient (Wildman–Crippen LogP) is 2.74. The van der Waals surface area contributed by atoms with Gasteiger partial charge in [-0.05, 0) is 39.1 Å². The third-order valence-electron chi connectivity index (χ3n) is 4.79. The van der Waals surface area contributed by atoms with Crippen LogP contribution in [0.3, 0.4) is 0 Å². The molecule has 0 spiro atoms. The van der Waals surface area contributed by atoms with E-state index in [-0.39, 0.29) is 11.5 Å². The van der Waals surface area contributed by atoms with Gasteiger partial charge in [0, 0.05) is 44.5 Å². The number of hydrogen-bond acceptors (Lipinski definition) is 3. The second-order valence-electron chi connectivity index (χ2n) is 6.97. The van der Waals surface area contributed by atoms with E-state index in [1.165, 1.54) is 12.1 Å². The van der Waals surface area contributed by atoms with Crippen molar-refractivity contribution in [3.05, 3.63) is 53.6 Å². The summed E-state index contributed by atoms with van der Waals surface area (Å²) < 4.78 is 29.5. The molecule has 1 amide bonds. The second kappa shape index (κ2) is 7.95. The average molecular weight is 362 g/mol. The quantitative estimate of drug-likeness (QED) is 0.821. The first-order valence-electron chi connectivity index (χ1n) is 8.86. The van der Waals surface area contributed by atoms with Gasteiger partial charge in [0.2, 0.25) is 0 Å². The summed E-state index contributed by atoms with van der Waals surface area (Å²) in [4.78, 5) is 20.9. The van der Waals surface area contributed by atoms with Crippen molar-refractivity contribution in [2.75, 3.05) is 33.7 Å². The summed E-state index contributed by atoms with van der Waals surface area (Å²) in [6.45, 7) is 2.73. The fraction of sp³-hybridized carbons (Fsp3) is 0.474. The Balaban J connectivity index is 1.75. The van der Waals surface area contributed by atoms with Crippen LogP contribution in [0.2, 0.25) is 0 Å².